The van der Waals surface area contributed by atoms with Gasteiger partial charge in [0.25, 0.3) is 0 Å². The Labute approximate surface area is 164 Å². The smallest absolute Gasteiger partial charge is 0.321 e. The van der Waals surface area contributed by atoms with Gasteiger partial charge in [0, 0.05) is 56.0 Å². The van der Waals surface area contributed by atoms with Crippen LogP contribution in [0.3, 0.4) is 0 Å². The first-order chi connectivity index (χ1) is 13.0. The third-order valence-corrected chi connectivity index (χ3v) is 4.81. The van der Waals surface area contributed by atoms with Crippen LogP contribution < -0.4 is 10.6 Å². The number of urea groups is 1. The second kappa shape index (κ2) is 8.88. The van der Waals surface area contributed by atoms with Gasteiger partial charge in [-0.05, 0) is 29.8 Å². The maximum Gasteiger partial charge on any atom is 0.321 e. The third kappa shape index (κ3) is 5.45. The van der Waals surface area contributed by atoms with Gasteiger partial charge in [0.05, 0.1) is 0 Å². The Morgan fingerprint density at radius 1 is 0.963 bits per heavy atom. The lowest BCUT2D eigenvalue weighted by molar-refractivity contribution is -0.114. The summed E-state index contributed by atoms with van der Waals surface area (Å²) in [7, 11) is 0. The average molecular weight is 387 g/mol. The number of rotatable bonds is 4. The van der Waals surface area contributed by atoms with E-state index in [-0.39, 0.29) is 11.9 Å². The molecule has 1 fully saturated rings. The average Bonchev–Trinajstić information content (AvgIpc) is 2.64. The minimum Gasteiger partial charge on any atom is -0.326 e. The van der Waals surface area contributed by atoms with Crippen molar-refractivity contribution in [2.24, 2.45) is 0 Å². The van der Waals surface area contributed by atoms with Crippen LogP contribution in [0.15, 0.2) is 48.5 Å². The molecule has 0 aliphatic carbocycles. The van der Waals surface area contributed by atoms with E-state index in [4.69, 9.17) is 11.6 Å². The van der Waals surface area contributed by atoms with Crippen LogP contribution in [0.2, 0.25) is 5.02 Å². The number of hydrogen-bond donors (Lipinski definition) is 2. The largest absolute Gasteiger partial charge is 0.326 e. The molecular weight excluding hydrogens is 364 g/mol. The highest BCUT2D eigenvalue weighted by atomic mass is 35.5. The number of carbonyl (C=O) groups is 2. The first-order valence-corrected chi connectivity index (χ1v) is 9.28. The molecule has 2 aromatic rings. The molecule has 6 nitrogen and oxygen atoms in total. The molecule has 1 aliphatic rings. The molecule has 0 bridgehead atoms. The summed E-state index contributed by atoms with van der Waals surface area (Å²) in [6, 6.07) is 14.8. The SMILES string of the molecule is CC(=O)Nc1cccc(NC(=O)N2CCN(Cc3ccccc3Cl)CC2)c1. The Morgan fingerprint density at radius 2 is 1.63 bits per heavy atom. The molecule has 0 radical (unpaired) electrons. The summed E-state index contributed by atoms with van der Waals surface area (Å²) < 4.78 is 0. The summed E-state index contributed by atoms with van der Waals surface area (Å²) in [5, 5.41) is 6.38. The van der Waals surface area contributed by atoms with E-state index in [1.165, 1.54) is 6.92 Å². The van der Waals surface area contributed by atoms with Crippen LogP contribution in [0.1, 0.15) is 12.5 Å². The van der Waals surface area contributed by atoms with E-state index in [9.17, 15) is 9.59 Å². The fourth-order valence-electron chi connectivity index (χ4n) is 3.06. The highest BCUT2D eigenvalue weighted by Gasteiger charge is 2.21. The standard InChI is InChI=1S/C20H23ClN4O2/c1-15(26)22-17-6-4-7-18(13-17)23-20(27)25-11-9-24(10-12-25)14-16-5-2-3-8-19(16)21/h2-8,13H,9-12,14H2,1H3,(H,22,26)(H,23,27). The molecular formula is C20H23ClN4O2. The van der Waals surface area contributed by atoms with Gasteiger partial charge < -0.3 is 15.5 Å². The molecule has 27 heavy (non-hydrogen) atoms. The molecule has 1 heterocycles. The van der Waals surface area contributed by atoms with Crippen molar-refractivity contribution >= 4 is 34.9 Å². The van der Waals surface area contributed by atoms with Crippen molar-refractivity contribution in [3.63, 3.8) is 0 Å². The highest BCUT2D eigenvalue weighted by Crippen LogP contribution is 2.19. The zero-order chi connectivity index (χ0) is 19.2. The van der Waals surface area contributed by atoms with Crippen molar-refractivity contribution in [1.29, 1.82) is 0 Å². The Hall–Kier alpha value is -2.57. The Kier molecular flexibility index (Phi) is 6.32. The Bertz CT molecular complexity index is 819. The van der Waals surface area contributed by atoms with Crippen molar-refractivity contribution in [3.8, 4) is 0 Å². The predicted molar refractivity (Wildman–Crippen MR) is 108 cm³/mol. The van der Waals surface area contributed by atoms with Gasteiger partial charge in [-0.3, -0.25) is 9.69 Å². The summed E-state index contributed by atoms with van der Waals surface area (Å²) in [4.78, 5) is 27.8. The normalized spacial score (nSPS) is 14.7. The molecule has 0 spiro atoms. The summed E-state index contributed by atoms with van der Waals surface area (Å²) >= 11 is 6.23. The monoisotopic (exact) mass is 386 g/mol. The van der Waals surface area contributed by atoms with E-state index in [1.54, 1.807) is 29.2 Å². The second-order valence-corrected chi connectivity index (χ2v) is 6.95. The van der Waals surface area contributed by atoms with Crippen molar-refractivity contribution in [2.75, 3.05) is 36.8 Å². The van der Waals surface area contributed by atoms with Gasteiger partial charge in [-0.25, -0.2) is 4.79 Å². The summed E-state index contributed by atoms with van der Waals surface area (Å²) in [5.74, 6) is -0.145. The quantitative estimate of drug-likeness (QED) is 0.843. The summed E-state index contributed by atoms with van der Waals surface area (Å²) in [6.45, 7) is 5.14. The molecule has 2 N–H and O–H groups in total. The molecule has 0 atom stereocenters. The molecule has 2 aromatic carbocycles. The van der Waals surface area contributed by atoms with Crippen molar-refractivity contribution in [1.82, 2.24) is 9.80 Å². The van der Waals surface area contributed by atoms with E-state index >= 15 is 0 Å². The minimum atomic E-state index is -0.145. The number of benzene rings is 2. The van der Waals surface area contributed by atoms with Crippen LogP contribution in [-0.4, -0.2) is 47.9 Å². The molecule has 3 amide bonds. The summed E-state index contributed by atoms with van der Waals surface area (Å²) in [6.07, 6.45) is 0. The van der Waals surface area contributed by atoms with Crippen LogP contribution >= 0.6 is 11.6 Å². The van der Waals surface area contributed by atoms with E-state index in [2.05, 4.69) is 15.5 Å². The van der Waals surface area contributed by atoms with Gasteiger partial charge in [-0.2, -0.15) is 0 Å². The van der Waals surface area contributed by atoms with Crippen LogP contribution in [-0.2, 0) is 11.3 Å². The fraction of sp³-hybridized carbons (Fsp3) is 0.300. The molecule has 0 aromatic heterocycles. The number of hydrogen-bond acceptors (Lipinski definition) is 3. The topological polar surface area (TPSA) is 64.7 Å². The van der Waals surface area contributed by atoms with E-state index < -0.39 is 0 Å². The lowest BCUT2D eigenvalue weighted by Crippen LogP contribution is -2.49. The molecule has 0 saturated carbocycles. The fourth-order valence-corrected chi connectivity index (χ4v) is 3.25. The third-order valence-electron chi connectivity index (χ3n) is 4.45. The van der Waals surface area contributed by atoms with Gasteiger partial charge in [-0.1, -0.05) is 35.9 Å². The van der Waals surface area contributed by atoms with Gasteiger partial charge in [0.15, 0.2) is 0 Å². The predicted octanol–water partition coefficient (Wildman–Crippen LogP) is 3.65. The molecule has 3 rings (SSSR count). The maximum absolute atomic E-state index is 12.5. The Morgan fingerprint density at radius 3 is 2.30 bits per heavy atom. The van der Waals surface area contributed by atoms with Crippen LogP contribution in [0.4, 0.5) is 16.2 Å². The Balaban J connectivity index is 1.51. The van der Waals surface area contributed by atoms with Gasteiger partial charge in [-0.15, -0.1) is 0 Å². The molecule has 0 unspecified atom stereocenters. The lowest BCUT2D eigenvalue weighted by Gasteiger charge is -2.34. The number of piperazine rings is 1. The van der Waals surface area contributed by atoms with Crippen LogP contribution in [0.5, 0.6) is 0 Å². The molecule has 142 valence electrons. The second-order valence-electron chi connectivity index (χ2n) is 6.55. The first-order valence-electron chi connectivity index (χ1n) is 8.90. The zero-order valence-corrected chi connectivity index (χ0v) is 16.0. The highest BCUT2D eigenvalue weighted by molar-refractivity contribution is 6.31. The maximum atomic E-state index is 12.5. The van der Waals surface area contributed by atoms with Crippen LogP contribution in [0.25, 0.3) is 0 Å². The number of amides is 3. The molecule has 1 aliphatic heterocycles. The number of halogens is 1. The lowest BCUT2D eigenvalue weighted by atomic mass is 10.2. The number of carbonyl (C=O) groups excluding carboxylic acids is 2. The number of nitrogens with zero attached hydrogens (tertiary/aromatic N) is 2. The van der Waals surface area contributed by atoms with Crippen molar-refractivity contribution < 1.29 is 9.59 Å². The molecule has 1 saturated heterocycles. The number of anilines is 2. The zero-order valence-electron chi connectivity index (χ0n) is 15.2. The van der Waals surface area contributed by atoms with Crippen molar-refractivity contribution in [3.05, 3.63) is 59.1 Å². The van der Waals surface area contributed by atoms with Gasteiger partial charge >= 0.3 is 6.03 Å². The van der Waals surface area contributed by atoms with Crippen molar-refractivity contribution in [2.45, 2.75) is 13.5 Å². The minimum absolute atomic E-state index is 0.132. The van der Waals surface area contributed by atoms with E-state index in [0.717, 1.165) is 30.2 Å². The van der Waals surface area contributed by atoms with Gasteiger partial charge in [0.2, 0.25) is 5.91 Å². The van der Waals surface area contributed by atoms with Gasteiger partial charge in [0.1, 0.15) is 0 Å². The van der Waals surface area contributed by atoms with Crippen LogP contribution in [0, 0.1) is 0 Å². The van der Waals surface area contributed by atoms with E-state index in [1.807, 2.05) is 24.3 Å². The summed E-state index contributed by atoms with van der Waals surface area (Å²) in [5.41, 5.74) is 2.42. The number of nitrogens with one attached hydrogen (secondary N) is 2. The first kappa shape index (κ1) is 19.2. The molecule has 7 heteroatoms. The van der Waals surface area contributed by atoms with E-state index in [0.29, 0.717) is 24.5 Å².